The van der Waals surface area contributed by atoms with Gasteiger partial charge in [0.15, 0.2) is 0 Å². The van der Waals surface area contributed by atoms with Crippen LogP contribution in [0.1, 0.15) is 12.5 Å². The van der Waals surface area contributed by atoms with Gasteiger partial charge in [0.2, 0.25) is 0 Å². The zero-order chi connectivity index (χ0) is 16.9. The quantitative estimate of drug-likeness (QED) is 0.442. The van der Waals surface area contributed by atoms with E-state index >= 15 is 0 Å². The summed E-state index contributed by atoms with van der Waals surface area (Å²) in [6, 6.07) is 14.1. The predicted octanol–water partition coefficient (Wildman–Crippen LogP) is 3.62. The summed E-state index contributed by atoms with van der Waals surface area (Å²) in [5, 5.41) is 15.1. The molecule has 0 spiro atoms. The van der Waals surface area contributed by atoms with Crippen LogP contribution < -0.4 is 5.43 Å². The van der Waals surface area contributed by atoms with E-state index < -0.39 is 4.92 Å². The smallest absolute Gasteiger partial charge is 0.271 e. The Bertz CT molecular complexity index is 870. The van der Waals surface area contributed by atoms with Gasteiger partial charge in [-0.15, -0.1) is 0 Å². The Labute approximate surface area is 138 Å². The van der Waals surface area contributed by atoms with Crippen LogP contribution in [-0.4, -0.2) is 20.2 Å². The number of nitro benzene ring substituents is 1. The molecule has 3 aromatic rings. The van der Waals surface area contributed by atoms with Crippen molar-refractivity contribution < 1.29 is 4.92 Å². The third-order valence-corrected chi connectivity index (χ3v) is 3.50. The molecule has 2 aromatic carbocycles. The third-order valence-electron chi connectivity index (χ3n) is 3.50. The highest BCUT2D eigenvalue weighted by atomic mass is 16.6. The molecular weight excluding hydrogens is 306 g/mol. The number of hydrazone groups is 1. The van der Waals surface area contributed by atoms with Gasteiger partial charge in [-0.1, -0.05) is 18.2 Å². The molecule has 0 unspecified atom stereocenters. The zero-order valence-electron chi connectivity index (χ0n) is 13.0. The van der Waals surface area contributed by atoms with Crippen LogP contribution in [0.5, 0.6) is 0 Å². The van der Waals surface area contributed by atoms with E-state index in [0.717, 1.165) is 17.0 Å². The summed E-state index contributed by atoms with van der Waals surface area (Å²) in [4.78, 5) is 14.4. The lowest BCUT2D eigenvalue weighted by atomic mass is 10.1. The highest BCUT2D eigenvalue weighted by Crippen LogP contribution is 2.17. The van der Waals surface area contributed by atoms with Crippen molar-refractivity contribution in [3.05, 3.63) is 82.9 Å². The minimum atomic E-state index is -0.434. The van der Waals surface area contributed by atoms with Gasteiger partial charge in [-0.25, -0.2) is 4.98 Å². The number of imidazole rings is 1. The molecular formula is C17H15N5O2. The summed E-state index contributed by atoms with van der Waals surface area (Å²) < 4.78 is 1.91. The number of nitro groups is 1. The second-order valence-electron chi connectivity index (χ2n) is 5.13. The monoisotopic (exact) mass is 321 g/mol. The van der Waals surface area contributed by atoms with E-state index in [4.69, 9.17) is 0 Å². The number of hydrogen-bond donors (Lipinski definition) is 1. The normalized spacial score (nSPS) is 11.3. The van der Waals surface area contributed by atoms with Crippen LogP contribution in [-0.2, 0) is 0 Å². The maximum Gasteiger partial charge on any atom is 0.271 e. The van der Waals surface area contributed by atoms with Gasteiger partial charge in [0.25, 0.3) is 5.69 Å². The molecule has 1 N–H and O–H groups in total. The molecule has 0 aliphatic heterocycles. The first-order valence-corrected chi connectivity index (χ1v) is 7.27. The third kappa shape index (κ3) is 3.46. The molecule has 0 bridgehead atoms. The van der Waals surface area contributed by atoms with Gasteiger partial charge in [-0.2, -0.15) is 5.10 Å². The van der Waals surface area contributed by atoms with E-state index in [0.29, 0.717) is 5.69 Å². The van der Waals surface area contributed by atoms with Gasteiger partial charge < -0.3 is 4.57 Å². The molecule has 1 heterocycles. The van der Waals surface area contributed by atoms with Crippen molar-refractivity contribution >= 4 is 17.1 Å². The number of non-ortho nitro benzene ring substituents is 1. The molecule has 1 aromatic heterocycles. The molecule has 0 aliphatic carbocycles. The largest absolute Gasteiger partial charge is 0.306 e. The van der Waals surface area contributed by atoms with Crippen molar-refractivity contribution in [1.29, 1.82) is 0 Å². The minimum Gasteiger partial charge on any atom is -0.306 e. The van der Waals surface area contributed by atoms with E-state index in [2.05, 4.69) is 15.5 Å². The lowest BCUT2D eigenvalue weighted by Gasteiger charge is -2.06. The number of nitrogens with one attached hydrogen (secondary N) is 1. The van der Waals surface area contributed by atoms with Crippen LogP contribution in [0.3, 0.4) is 0 Å². The Morgan fingerprint density at radius 1 is 1.25 bits per heavy atom. The average Bonchev–Trinajstić information content (AvgIpc) is 3.14. The van der Waals surface area contributed by atoms with Gasteiger partial charge in [-0.05, 0) is 30.7 Å². The van der Waals surface area contributed by atoms with Crippen LogP contribution in [0.4, 0.5) is 11.4 Å². The Morgan fingerprint density at radius 2 is 2.04 bits per heavy atom. The summed E-state index contributed by atoms with van der Waals surface area (Å²) in [5.74, 6) is 0. The molecule has 0 saturated carbocycles. The summed E-state index contributed by atoms with van der Waals surface area (Å²) in [5.41, 5.74) is 6.18. The SMILES string of the molecule is C/C(=N/Nc1cccc([N+](=O)[O-])c1)c1ccc(-n2ccnc2)cc1. The summed E-state index contributed by atoms with van der Waals surface area (Å²) in [6.45, 7) is 1.87. The van der Waals surface area contributed by atoms with E-state index in [1.54, 1.807) is 24.7 Å². The molecule has 120 valence electrons. The topological polar surface area (TPSA) is 85.4 Å². The lowest BCUT2D eigenvalue weighted by molar-refractivity contribution is -0.384. The van der Waals surface area contributed by atoms with Crippen molar-refractivity contribution in [2.75, 3.05) is 5.43 Å². The van der Waals surface area contributed by atoms with Crippen LogP contribution in [0.25, 0.3) is 5.69 Å². The molecule has 0 saturated heterocycles. The van der Waals surface area contributed by atoms with E-state index in [1.165, 1.54) is 12.1 Å². The molecule has 0 aliphatic rings. The highest BCUT2D eigenvalue weighted by molar-refractivity contribution is 5.99. The molecule has 3 rings (SSSR count). The second kappa shape index (κ2) is 6.74. The van der Waals surface area contributed by atoms with Crippen LogP contribution in [0.15, 0.2) is 72.4 Å². The van der Waals surface area contributed by atoms with Crippen LogP contribution in [0, 0.1) is 10.1 Å². The van der Waals surface area contributed by atoms with Crippen molar-refractivity contribution in [2.24, 2.45) is 5.10 Å². The lowest BCUT2D eigenvalue weighted by Crippen LogP contribution is -2.00. The van der Waals surface area contributed by atoms with Crippen molar-refractivity contribution in [3.8, 4) is 5.69 Å². The Kier molecular flexibility index (Phi) is 4.33. The standard InChI is InChI=1S/C17H15N5O2/c1-13(19-20-15-3-2-4-17(11-15)22(23)24)14-5-7-16(8-6-14)21-10-9-18-12-21/h2-12,20H,1H3/b19-13-. The maximum atomic E-state index is 10.8. The average molecular weight is 321 g/mol. The second-order valence-corrected chi connectivity index (χ2v) is 5.13. The first kappa shape index (κ1) is 15.4. The van der Waals surface area contributed by atoms with Gasteiger partial charge in [-0.3, -0.25) is 15.5 Å². The highest BCUT2D eigenvalue weighted by Gasteiger charge is 2.05. The molecule has 0 amide bonds. The molecule has 24 heavy (non-hydrogen) atoms. The Morgan fingerprint density at radius 3 is 2.71 bits per heavy atom. The number of nitrogens with zero attached hydrogens (tertiary/aromatic N) is 4. The number of anilines is 1. The molecule has 7 heteroatoms. The summed E-state index contributed by atoms with van der Waals surface area (Å²) >= 11 is 0. The predicted molar refractivity (Wildman–Crippen MR) is 92.5 cm³/mol. The first-order valence-electron chi connectivity index (χ1n) is 7.27. The van der Waals surface area contributed by atoms with Crippen LogP contribution >= 0.6 is 0 Å². The van der Waals surface area contributed by atoms with E-state index in [-0.39, 0.29) is 5.69 Å². The molecule has 0 fully saturated rings. The van der Waals surface area contributed by atoms with Crippen molar-refractivity contribution in [1.82, 2.24) is 9.55 Å². The van der Waals surface area contributed by atoms with Gasteiger partial charge in [0, 0.05) is 30.2 Å². The Hall–Kier alpha value is -3.48. The van der Waals surface area contributed by atoms with Crippen LogP contribution in [0.2, 0.25) is 0 Å². The minimum absolute atomic E-state index is 0.0255. The van der Waals surface area contributed by atoms with Crippen molar-refractivity contribution in [2.45, 2.75) is 6.92 Å². The van der Waals surface area contributed by atoms with Gasteiger partial charge in [0.05, 0.1) is 22.6 Å². The van der Waals surface area contributed by atoms with Gasteiger partial charge >= 0.3 is 0 Å². The maximum absolute atomic E-state index is 10.8. The fourth-order valence-electron chi connectivity index (χ4n) is 2.19. The van der Waals surface area contributed by atoms with E-state index in [1.807, 2.05) is 42.0 Å². The summed E-state index contributed by atoms with van der Waals surface area (Å²) in [6.07, 6.45) is 5.34. The zero-order valence-corrected chi connectivity index (χ0v) is 13.0. The Balaban J connectivity index is 1.74. The fraction of sp³-hybridized carbons (Fsp3) is 0.0588. The van der Waals surface area contributed by atoms with Crippen molar-refractivity contribution in [3.63, 3.8) is 0 Å². The molecule has 7 nitrogen and oxygen atoms in total. The summed E-state index contributed by atoms with van der Waals surface area (Å²) in [7, 11) is 0. The van der Waals surface area contributed by atoms with E-state index in [9.17, 15) is 10.1 Å². The first-order chi connectivity index (χ1) is 11.6. The number of hydrogen-bond acceptors (Lipinski definition) is 5. The number of rotatable bonds is 5. The number of benzene rings is 2. The van der Waals surface area contributed by atoms with Gasteiger partial charge in [0.1, 0.15) is 0 Å². The number of aromatic nitrogens is 2. The molecule has 0 atom stereocenters. The fourth-order valence-corrected chi connectivity index (χ4v) is 2.19. The molecule has 0 radical (unpaired) electrons.